The fourth-order valence-corrected chi connectivity index (χ4v) is 1.90. The summed E-state index contributed by atoms with van der Waals surface area (Å²) < 4.78 is 5.34. The van der Waals surface area contributed by atoms with Gasteiger partial charge < -0.3 is 9.64 Å². The van der Waals surface area contributed by atoms with Crippen molar-refractivity contribution in [3.8, 4) is 5.75 Å². The average Bonchev–Trinajstić information content (AvgIpc) is 2.40. The van der Waals surface area contributed by atoms with Gasteiger partial charge in [0.25, 0.3) is 0 Å². The molecule has 0 fully saturated rings. The third kappa shape index (κ3) is 3.76. The number of hydrogen-bond donors (Lipinski definition) is 0. The van der Waals surface area contributed by atoms with Crippen LogP contribution in [0.3, 0.4) is 0 Å². The van der Waals surface area contributed by atoms with E-state index in [1.54, 1.807) is 7.11 Å². The van der Waals surface area contributed by atoms with Crippen LogP contribution in [-0.4, -0.2) is 19.6 Å². The zero-order chi connectivity index (χ0) is 13.4. The quantitative estimate of drug-likeness (QED) is 0.738. The number of para-hydroxylation sites is 2. The van der Waals surface area contributed by atoms with E-state index in [1.165, 1.54) is 0 Å². The molecule has 3 nitrogen and oxygen atoms in total. The Morgan fingerprint density at radius 1 is 1.22 bits per heavy atom. The zero-order valence-corrected chi connectivity index (χ0v) is 11.6. The van der Waals surface area contributed by atoms with Crippen molar-refractivity contribution in [2.24, 2.45) is 0 Å². The molecule has 1 aromatic rings. The number of ether oxygens (including phenoxy) is 1. The molecule has 0 unspecified atom stereocenters. The minimum absolute atomic E-state index is 0.176. The molecule has 1 rings (SSSR count). The topological polar surface area (TPSA) is 29.5 Å². The normalized spacial score (nSPS) is 10.2. The molecular formula is C15H23NO2. The first-order valence-electron chi connectivity index (χ1n) is 6.68. The number of carbonyl (C=O) groups excluding carboxylic acids is 1. The van der Waals surface area contributed by atoms with Crippen LogP contribution in [0, 0.1) is 0 Å². The van der Waals surface area contributed by atoms with Crippen molar-refractivity contribution in [2.75, 3.05) is 18.6 Å². The lowest BCUT2D eigenvalue weighted by Crippen LogP contribution is -2.31. The minimum atomic E-state index is 0.176. The van der Waals surface area contributed by atoms with E-state index in [-0.39, 0.29) is 5.91 Å². The van der Waals surface area contributed by atoms with Gasteiger partial charge in [-0.15, -0.1) is 0 Å². The number of unbranched alkanes of at least 4 members (excludes halogenated alkanes) is 1. The van der Waals surface area contributed by atoms with Crippen molar-refractivity contribution in [3.05, 3.63) is 24.3 Å². The summed E-state index contributed by atoms with van der Waals surface area (Å²) in [6, 6.07) is 7.70. The van der Waals surface area contributed by atoms with Gasteiger partial charge in [0.2, 0.25) is 5.91 Å². The molecule has 0 saturated heterocycles. The summed E-state index contributed by atoms with van der Waals surface area (Å²) in [6.45, 7) is 4.92. The number of methoxy groups -OCH3 is 1. The Morgan fingerprint density at radius 2 is 1.94 bits per heavy atom. The molecule has 3 heteroatoms. The van der Waals surface area contributed by atoms with E-state index >= 15 is 0 Å². The first-order valence-corrected chi connectivity index (χ1v) is 6.68. The van der Waals surface area contributed by atoms with Gasteiger partial charge in [0.1, 0.15) is 5.75 Å². The highest BCUT2D eigenvalue weighted by atomic mass is 16.5. The van der Waals surface area contributed by atoms with Crippen molar-refractivity contribution in [1.82, 2.24) is 0 Å². The maximum absolute atomic E-state index is 12.2. The summed E-state index contributed by atoms with van der Waals surface area (Å²) in [6.07, 6.45) is 3.54. The van der Waals surface area contributed by atoms with Crippen molar-refractivity contribution in [3.63, 3.8) is 0 Å². The molecule has 0 aromatic heterocycles. The number of anilines is 1. The predicted molar refractivity (Wildman–Crippen MR) is 75.2 cm³/mol. The van der Waals surface area contributed by atoms with Gasteiger partial charge >= 0.3 is 0 Å². The standard InChI is InChI=1S/C15H23NO2/c1-4-6-12-16(15(17)9-5-2)13-10-7-8-11-14(13)18-3/h7-8,10-11H,4-6,9,12H2,1-3H3. The first-order chi connectivity index (χ1) is 8.74. The van der Waals surface area contributed by atoms with Gasteiger partial charge in [-0.05, 0) is 25.0 Å². The summed E-state index contributed by atoms with van der Waals surface area (Å²) in [5.41, 5.74) is 0.881. The molecule has 1 amide bonds. The first kappa shape index (κ1) is 14.6. The SMILES string of the molecule is CCCCN(C(=O)CCC)c1ccccc1OC. The second-order valence-corrected chi connectivity index (χ2v) is 4.32. The van der Waals surface area contributed by atoms with E-state index in [0.717, 1.165) is 37.2 Å². The van der Waals surface area contributed by atoms with Crippen LogP contribution in [0.15, 0.2) is 24.3 Å². The summed E-state index contributed by atoms with van der Waals surface area (Å²) in [5.74, 6) is 0.938. The fraction of sp³-hybridized carbons (Fsp3) is 0.533. The number of hydrogen-bond acceptors (Lipinski definition) is 2. The lowest BCUT2D eigenvalue weighted by atomic mass is 10.2. The Morgan fingerprint density at radius 3 is 2.56 bits per heavy atom. The highest BCUT2D eigenvalue weighted by Gasteiger charge is 2.17. The second-order valence-electron chi connectivity index (χ2n) is 4.32. The predicted octanol–water partition coefficient (Wildman–Crippen LogP) is 3.63. The van der Waals surface area contributed by atoms with E-state index in [0.29, 0.717) is 6.42 Å². The van der Waals surface area contributed by atoms with E-state index in [1.807, 2.05) is 36.1 Å². The Hall–Kier alpha value is -1.51. The largest absolute Gasteiger partial charge is 0.495 e. The molecular weight excluding hydrogens is 226 g/mol. The van der Waals surface area contributed by atoms with Crippen LogP contribution in [0.1, 0.15) is 39.5 Å². The van der Waals surface area contributed by atoms with Gasteiger partial charge in [-0.1, -0.05) is 32.4 Å². The number of amides is 1. The van der Waals surface area contributed by atoms with E-state index in [9.17, 15) is 4.79 Å². The van der Waals surface area contributed by atoms with Gasteiger partial charge in [-0.25, -0.2) is 0 Å². The van der Waals surface area contributed by atoms with Crippen molar-refractivity contribution in [1.29, 1.82) is 0 Å². The highest BCUT2D eigenvalue weighted by molar-refractivity contribution is 5.94. The van der Waals surface area contributed by atoms with Crippen molar-refractivity contribution in [2.45, 2.75) is 39.5 Å². The zero-order valence-electron chi connectivity index (χ0n) is 11.6. The number of rotatable bonds is 7. The number of benzene rings is 1. The van der Waals surface area contributed by atoms with E-state index < -0.39 is 0 Å². The molecule has 0 spiro atoms. The van der Waals surface area contributed by atoms with Crippen molar-refractivity contribution >= 4 is 11.6 Å². The van der Waals surface area contributed by atoms with Crippen LogP contribution in [0.5, 0.6) is 5.75 Å². The molecule has 0 aliphatic carbocycles. The maximum Gasteiger partial charge on any atom is 0.227 e. The summed E-state index contributed by atoms with van der Waals surface area (Å²) in [7, 11) is 1.64. The molecule has 0 N–H and O–H groups in total. The van der Waals surface area contributed by atoms with E-state index in [2.05, 4.69) is 6.92 Å². The van der Waals surface area contributed by atoms with Crippen LogP contribution in [0.4, 0.5) is 5.69 Å². The average molecular weight is 249 g/mol. The monoisotopic (exact) mass is 249 g/mol. The molecule has 0 bridgehead atoms. The molecule has 0 atom stereocenters. The summed E-state index contributed by atoms with van der Waals surface area (Å²) in [4.78, 5) is 14.0. The van der Waals surface area contributed by atoms with Gasteiger partial charge in [-0.3, -0.25) is 4.79 Å². The Balaban J connectivity index is 2.96. The Kier molecular flexibility index (Phi) is 6.26. The summed E-state index contributed by atoms with van der Waals surface area (Å²) >= 11 is 0. The number of carbonyl (C=O) groups is 1. The molecule has 0 heterocycles. The van der Waals surface area contributed by atoms with Crippen LogP contribution in [0.25, 0.3) is 0 Å². The molecule has 0 aliphatic rings. The lowest BCUT2D eigenvalue weighted by molar-refractivity contribution is -0.118. The fourth-order valence-electron chi connectivity index (χ4n) is 1.90. The van der Waals surface area contributed by atoms with Crippen LogP contribution >= 0.6 is 0 Å². The van der Waals surface area contributed by atoms with Crippen molar-refractivity contribution < 1.29 is 9.53 Å². The number of nitrogens with zero attached hydrogens (tertiary/aromatic N) is 1. The summed E-state index contributed by atoms with van der Waals surface area (Å²) in [5, 5.41) is 0. The van der Waals surface area contributed by atoms with E-state index in [4.69, 9.17) is 4.74 Å². The minimum Gasteiger partial charge on any atom is -0.495 e. The van der Waals surface area contributed by atoms with Crippen LogP contribution in [0.2, 0.25) is 0 Å². The third-order valence-electron chi connectivity index (χ3n) is 2.88. The second kappa shape index (κ2) is 7.75. The molecule has 0 saturated carbocycles. The maximum atomic E-state index is 12.2. The molecule has 1 aromatic carbocycles. The Labute approximate surface area is 110 Å². The van der Waals surface area contributed by atoms with Crippen LogP contribution < -0.4 is 9.64 Å². The Bertz CT molecular complexity index is 377. The van der Waals surface area contributed by atoms with Gasteiger partial charge in [0.05, 0.1) is 12.8 Å². The van der Waals surface area contributed by atoms with Gasteiger partial charge in [-0.2, -0.15) is 0 Å². The van der Waals surface area contributed by atoms with Gasteiger partial charge in [0, 0.05) is 13.0 Å². The smallest absolute Gasteiger partial charge is 0.227 e. The molecule has 0 radical (unpaired) electrons. The molecule has 100 valence electrons. The van der Waals surface area contributed by atoms with Gasteiger partial charge in [0.15, 0.2) is 0 Å². The van der Waals surface area contributed by atoms with Crippen LogP contribution in [-0.2, 0) is 4.79 Å². The highest BCUT2D eigenvalue weighted by Crippen LogP contribution is 2.28. The molecule has 18 heavy (non-hydrogen) atoms. The third-order valence-corrected chi connectivity index (χ3v) is 2.88. The molecule has 0 aliphatic heterocycles. The lowest BCUT2D eigenvalue weighted by Gasteiger charge is -2.24.